The van der Waals surface area contributed by atoms with Crippen molar-refractivity contribution in [3.05, 3.63) is 35.4 Å². The quantitative estimate of drug-likeness (QED) is 0.748. The summed E-state index contributed by atoms with van der Waals surface area (Å²) in [6, 6.07) is 9.61. The molecule has 16 heavy (non-hydrogen) atoms. The van der Waals surface area contributed by atoms with E-state index in [1.54, 1.807) is 0 Å². The molecule has 1 unspecified atom stereocenters. The topological polar surface area (TPSA) is 62.1 Å². The van der Waals surface area contributed by atoms with Crippen molar-refractivity contribution in [2.24, 2.45) is 0 Å². The highest BCUT2D eigenvalue weighted by Gasteiger charge is 2.26. The molecule has 1 aromatic rings. The van der Waals surface area contributed by atoms with Gasteiger partial charge in [0, 0.05) is 0 Å². The van der Waals surface area contributed by atoms with Gasteiger partial charge in [0.05, 0.1) is 12.7 Å². The van der Waals surface area contributed by atoms with Crippen LogP contribution in [0.5, 0.6) is 0 Å². The Kier molecular flexibility index (Phi) is 3.18. The third-order valence-electron chi connectivity index (χ3n) is 2.57. The van der Waals surface area contributed by atoms with Gasteiger partial charge in [-0.15, -0.1) is 0 Å². The number of hydrogen-bond donors (Lipinski definition) is 1. The molecule has 4 nitrogen and oxygen atoms in total. The fourth-order valence-electron chi connectivity index (χ4n) is 1.83. The lowest BCUT2D eigenvalue weighted by molar-refractivity contribution is -0.133. The van der Waals surface area contributed by atoms with E-state index in [1.165, 1.54) is 0 Å². The van der Waals surface area contributed by atoms with Crippen molar-refractivity contribution in [3.63, 3.8) is 0 Å². The van der Waals surface area contributed by atoms with Crippen LogP contribution in [0.3, 0.4) is 0 Å². The summed E-state index contributed by atoms with van der Waals surface area (Å²) in [7, 11) is 0. The van der Waals surface area contributed by atoms with Gasteiger partial charge in [-0.05, 0) is 17.5 Å². The Morgan fingerprint density at radius 2 is 2.38 bits per heavy atom. The van der Waals surface area contributed by atoms with Crippen molar-refractivity contribution in [2.75, 3.05) is 13.2 Å². The molecule has 1 atom stereocenters. The summed E-state index contributed by atoms with van der Waals surface area (Å²) in [5.41, 5.74) is 2.05. The number of amides is 1. The normalized spacial score (nSPS) is 18.3. The third kappa shape index (κ3) is 2.05. The maximum Gasteiger partial charge on any atom is 0.254 e. The van der Waals surface area contributed by atoms with Gasteiger partial charge < -0.3 is 10.1 Å². The van der Waals surface area contributed by atoms with E-state index in [0.29, 0.717) is 6.61 Å². The summed E-state index contributed by atoms with van der Waals surface area (Å²) in [6.07, 6.45) is 0.261. The number of hydrogen-bond acceptors (Lipinski definition) is 3. The van der Waals surface area contributed by atoms with Gasteiger partial charge in [-0.1, -0.05) is 24.3 Å². The number of nitrogens with one attached hydrogen (secondary N) is 1. The van der Waals surface area contributed by atoms with Crippen molar-refractivity contribution >= 4 is 5.91 Å². The van der Waals surface area contributed by atoms with E-state index < -0.39 is 6.10 Å². The van der Waals surface area contributed by atoms with E-state index in [9.17, 15) is 4.79 Å². The zero-order valence-corrected chi connectivity index (χ0v) is 8.77. The number of nitriles is 1. The van der Waals surface area contributed by atoms with Crippen LogP contribution in [0.2, 0.25) is 0 Å². The SMILES string of the molecule is N#CCNC(=O)C1OCCc2ccccc21. The minimum absolute atomic E-state index is 0.0147. The molecule has 0 saturated heterocycles. The minimum atomic E-state index is -0.571. The zero-order chi connectivity index (χ0) is 11.4. The molecule has 0 bridgehead atoms. The van der Waals surface area contributed by atoms with Gasteiger partial charge in [-0.25, -0.2) is 0 Å². The Morgan fingerprint density at radius 3 is 3.19 bits per heavy atom. The van der Waals surface area contributed by atoms with Crippen LogP contribution in [0.15, 0.2) is 24.3 Å². The lowest BCUT2D eigenvalue weighted by atomic mass is 9.97. The van der Waals surface area contributed by atoms with Crippen LogP contribution in [-0.4, -0.2) is 19.1 Å². The second kappa shape index (κ2) is 4.77. The van der Waals surface area contributed by atoms with Gasteiger partial charge in [0.2, 0.25) is 0 Å². The molecule has 0 radical (unpaired) electrons. The Morgan fingerprint density at radius 1 is 1.56 bits per heavy atom. The van der Waals surface area contributed by atoms with Crippen LogP contribution < -0.4 is 5.32 Å². The van der Waals surface area contributed by atoms with E-state index >= 15 is 0 Å². The van der Waals surface area contributed by atoms with Crippen molar-refractivity contribution in [3.8, 4) is 6.07 Å². The molecular formula is C12H12N2O2. The molecule has 1 heterocycles. The Hall–Kier alpha value is -1.86. The van der Waals surface area contributed by atoms with E-state index in [1.807, 2.05) is 30.3 Å². The van der Waals surface area contributed by atoms with Gasteiger partial charge in [0.15, 0.2) is 6.10 Å². The van der Waals surface area contributed by atoms with E-state index in [2.05, 4.69) is 5.32 Å². The summed E-state index contributed by atoms with van der Waals surface area (Å²) in [5, 5.41) is 10.9. The second-order valence-corrected chi connectivity index (χ2v) is 3.58. The number of carbonyl (C=O) groups excluding carboxylic acids is 1. The number of benzene rings is 1. The maximum absolute atomic E-state index is 11.7. The first-order valence-corrected chi connectivity index (χ1v) is 5.17. The first-order chi connectivity index (χ1) is 7.83. The Bertz CT molecular complexity index is 437. The van der Waals surface area contributed by atoms with Crippen LogP contribution in [0, 0.1) is 11.3 Å². The van der Waals surface area contributed by atoms with Crippen LogP contribution in [0.25, 0.3) is 0 Å². The second-order valence-electron chi connectivity index (χ2n) is 3.58. The lowest BCUT2D eigenvalue weighted by Crippen LogP contribution is -2.33. The summed E-state index contributed by atoms with van der Waals surface area (Å²) in [6.45, 7) is 0.558. The predicted molar refractivity (Wildman–Crippen MR) is 57.5 cm³/mol. The molecule has 1 aromatic carbocycles. The number of rotatable bonds is 2. The summed E-state index contributed by atoms with van der Waals surface area (Å²) in [4.78, 5) is 11.7. The van der Waals surface area contributed by atoms with Gasteiger partial charge >= 0.3 is 0 Å². The lowest BCUT2D eigenvalue weighted by Gasteiger charge is -2.24. The van der Waals surface area contributed by atoms with Gasteiger partial charge in [-0.2, -0.15) is 5.26 Å². The highest BCUT2D eigenvalue weighted by Crippen LogP contribution is 2.26. The van der Waals surface area contributed by atoms with Crippen LogP contribution in [0.1, 0.15) is 17.2 Å². The van der Waals surface area contributed by atoms with Crippen LogP contribution in [-0.2, 0) is 16.0 Å². The summed E-state index contributed by atoms with van der Waals surface area (Å²) < 4.78 is 5.44. The highest BCUT2D eigenvalue weighted by molar-refractivity contribution is 5.83. The predicted octanol–water partition coefficient (Wildman–Crippen LogP) is 0.940. The standard InChI is InChI=1S/C12H12N2O2/c13-6-7-14-12(15)11-10-4-2-1-3-9(10)5-8-16-11/h1-4,11H,5,7-8H2,(H,14,15). The monoisotopic (exact) mass is 216 g/mol. The molecule has 0 fully saturated rings. The molecule has 0 aromatic heterocycles. The van der Waals surface area contributed by atoms with Crippen molar-refractivity contribution in [1.82, 2.24) is 5.32 Å². The van der Waals surface area contributed by atoms with Gasteiger partial charge in [0.1, 0.15) is 6.54 Å². The van der Waals surface area contributed by atoms with Crippen molar-refractivity contribution < 1.29 is 9.53 Å². The maximum atomic E-state index is 11.7. The fourth-order valence-corrected chi connectivity index (χ4v) is 1.83. The highest BCUT2D eigenvalue weighted by atomic mass is 16.5. The number of fused-ring (bicyclic) bond motifs is 1. The van der Waals surface area contributed by atoms with Gasteiger partial charge in [-0.3, -0.25) is 4.79 Å². The first kappa shape index (κ1) is 10.7. The van der Waals surface area contributed by atoms with E-state index in [4.69, 9.17) is 10.00 Å². The minimum Gasteiger partial charge on any atom is -0.363 e. The summed E-state index contributed by atoms with van der Waals surface area (Å²) in [5.74, 6) is -0.242. The third-order valence-corrected chi connectivity index (χ3v) is 2.57. The van der Waals surface area contributed by atoms with Crippen LogP contribution in [0.4, 0.5) is 0 Å². The molecule has 1 aliphatic rings. The molecule has 0 aliphatic carbocycles. The molecule has 0 saturated carbocycles. The number of nitrogens with zero attached hydrogens (tertiary/aromatic N) is 1. The molecular weight excluding hydrogens is 204 g/mol. The Labute approximate surface area is 93.8 Å². The zero-order valence-electron chi connectivity index (χ0n) is 8.77. The molecule has 1 amide bonds. The smallest absolute Gasteiger partial charge is 0.254 e. The van der Waals surface area contributed by atoms with Crippen LogP contribution >= 0.6 is 0 Å². The molecule has 1 aliphatic heterocycles. The van der Waals surface area contributed by atoms with Crippen molar-refractivity contribution in [1.29, 1.82) is 5.26 Å². The molecule has 1 N–H and O–H groups in total. The summed E-state index contributed by atoms with van der Waals surface area (Å²) >= 11 is 0. The number of ether oxygens (including phenoxy) is 1. The first-order valence-electron chi connectivity index (χ1n) is 5.17. The molecule has 82 valence electrons. The van der Waals surface area contributed by atoms with Gasteiger partial charge in [0.25, 0.3) is 5.91 Å². The fraction of sp³-hybridized carbons (Fsp3) is 0.333. The average molecular weight is 216 g/mol. The molecule has 4 heteroatoms. The molecule has 2 rings (SSSR count). The van der Waals surface area contributed by atoms with E-state index in [0.717, 1.165) is 17.5 Å². The molecule has 0 spiro atoms. The average Bonchev–Trinajstić information content (AvgIpc) is 2.35. The van der Waals surface area contributed by atoms with E-state index in [-0.39, 0.29) is 12.5 Å². The largest absolute Gasteiger partial charge is 0.363 e. The Balaban J connectivity index is 2.19. The van der Waals surface area contributed by atoms with Crippen molar-refractivity contribution in [2.45, 2.75) is 12.5 Å². The number of carbonyl (C=O) groups is 1.